The van der Waals surface area contributed by atoms with E-state index in [2.05, 4.69) is 5.32 Å². The van der Waals surface area contributed by atoms with Gasteiger partial charge in [0.1, 0.15) is 18.2 Å². The van der Waals surface area contributed by atoms with Gasteiger partial charge < -0.3 is 20.9 Å². The molecule has 1 unspecified atom stereocenters. The van der Waals surface area contributed by atoms with Crippen LogP contribution in [0.2, 0.25) is 0 Å². The molecule has 1 amide bonds. The van der Waals surface area contributed by atoms with Crippen molar-refractivity contribution >= 4 is 44.7 Å². The lowest BCUT2D eigenvalue weighted by Gasteiger charge is -2.20. The highest BCUT2D eigenvalue weighted by Crippen LogP contribution is 2.35. The van der Waals surface area contributed by atoms with Crippen LogP contribution in [0.25, 0.3) is 10.1 Å². The van der Waals surface area contributed by atoms with E-state index < -0.39 is 12.2 Å². The van der Waals surface area contributed by atoms with Crippen molar-refractivity contribution in [2.75, 3.05) is 17.7 Å². The number of hydrogen-bond acceptors (Lipinski definition) is 6. The zero-order chi connectivity index (χ0) is 22.5. The van der Waals surface area contributed by atoms with E-state index in [1.165, 1.54) is 11.3 Å². The zero-order valence-corrected chi connectivity index (χ0v) is 17.9. The highest BCUT2D eigenvalue weighted by Gasteiger charge is 2.19. The summed E-state index contributed by atoms with van der Waals surface area (Å²) in [5.74, 6) is 0.633. The maximum Gasteiger partial charge on any atom is 0.411 e. The molecule has 0 saturated carbocycles. The number of para-hydroxylation sites is 2. The van der Waals surface area contributed by atoms with Gasteiger partial charge >= 0.3 is 6.09 Å². The number of rotatable bonds is 7. The summed E-state index contributed by atoms with van der Waals surface area (Å²) in [4.78, 5) is 13.0. The first-order valence-corrected chi connectivity index (χ1v) is 10.7. The molecular weight excluding hydrogens is 424 g/mol. The maximum atomic E-state index is 12.4. The Balaban J connectivity index is 1.54. The lowest BCUT2D eigenvalue weighted by molar-refractivity contribution is 0.0910. The second kappa shape index (κ2) is 9.40. The summed E-state index contributed by atoms with van der Waals surface area (Å²) in [5.41, 5.74) is 13.3. The number of carbonyl (C=O) groups is 1. The van der Waals surface area contributed by atoms with Gasteiger partial charge in [-0.05, 0) is 35.9 Å². The van der Waals surface area contributed by atoms with Gasteiger partial charge in [-0.25, -0.2) is 4.79 Å². The number of carbonyl (C=O) groups excluding carboxylic acids is 1. The molecule has 1 heterocycles. The molecule has 162 valence electrons. The molecule has 3 aromatic carbocycles. The van der Waals surface area contributed by atoms with Crippen LogP contribution in [-0.4, -0.2) is 18.5 Å². The summed E-state index contributed by atoms with van der Waals surface area (Å²) in [5, 5.41) is 11.2. The van der Waals surface area contributed by atoms with Crippen molar-refractivity contribution < 1.29 is 14.3 Å². The molecule has 0 spiro atoms. The van der Waals surface area contributed by atoms with E-state index >= 15 is 0 Å². The van der Waals surface area contributed by atoms with Crippen molar-refractivity contribution in [3.05, 3.63) is 89.3 Å². The van der Waals surface area contributed by atoms with E-state index in [0.29, 0.717) is 22.0 Å². The van der Waals surface area contributed by atoms with E-state index in [1.54, 1.807) is 24.3 Å². The average molecular weight is 447 g/mol. The molecule has 0 aliphatic carbocycles. The van der Waals surface area contributed by atoms with E-state index in [0.717, 1.165) is 15.6 Å². The molecule has 0 aliphatic rings. The Bertz CT molecular complexity index is 1260. The smallest absolute Gasteiger partial charge is 0.411 e. The van der Waals surface area contributed by atoms with Crippen LogP contribution in [0.15, 0.2) is 78.9 Å². The van der Waals surface area contributed by atoms with Gasteiger partial charge in [-0.1, -0.05) is 48.5 Å². The number of fused-ring (bicyclic) bond motifs is 1. The van der Waals surface area contributed by atoms with E-state index in [1.807, 2.05) is 54.6 Å². The summed E-state index contributed by atoms with van der Waals surface area (Å²) in [6.07, 6.45) is -1.17. The molecular formula is C24H22N4O3S. The van der Waals surface area contributed by atoms with Gasteiger partial charge in [-0.3, -0.25) is 10.7 Å². The highest BCUT2D eigenvalue weighted by molar-refractivity contribution is 7.20. The Morgan fingerprint density at radius 3 is 2.53 bits per heavy atom. The Morgan fingerprint density at radius 1 is 1.03 bits per heavy atom. The minimum atomic E-state index is -0.625. The number of nitrogens with one attached hydrogen (secondary N) is 2. The lowest BCUT2D eigenvalue weighted by Crippen LogP contribution is -2.21. The summed E-state index contributed by atoms with van der Waals surface area (Å²) in [6, 6.07) is 24.0. The molecule has 0 aliphatic heterocycles. The average Bonchev–Trinajstić information content (AvgIpc) is 3.24. The van der Waals surface area contributed by atoms with Gasteiger partial charge in [0.05, 0.1) is 16.3 Å². The monoisotopic (exact) mass is 446 g/mol. The molecule has 0 bridgehead atoms. The third-order valence-electron chi connectivity index (χ3n) is 4.79. The molecule has 1 aromatic heterocycles. The van der Waals surface area contributed by atoms with Crippen LogP contribution in [0.3, 0.4) is 0 Å². The maximum absolute atomic E-state index is 12.4. The molecule has 32 heavy (non-hydrogen) atoms. The number of nitrogens with two attached hydrogens (primary N) is 2. The quantitative estimate of drug-likeness (QED) is 0.178. The van der Waals surface area contributed by atoms with Gasteiger partial charge in [-0.15, -0.1) is 11.3 Å². The number of thiophene rings is 1. The van der Waals surface area contributed by atoms with Gasteiger partial charge in [0.25, 0.3) is 0 Å². The number of amidine groups is 1. The van der Waals surface area contributed by atoms with Crippen LogP contribution < -0.4 is 21.5 Å². The van der Waals surface area contributed by atoms with Crippen molar-refractivity contribution in [2.24, 2.45) is 5.73 Å². The molecule has 4 aromatic rings. The number of ether oxygens (including phenoxy) is 2. The molecule has 4 rings (SSSR count). The van der Waals surface area contributed by atoms with Gasteiger partial charge in [-0.2, -0.15) is 0 Å². The Hall–Kier alpha value is -4.04. The van der Waals surface area contributed by atoms with Crippen LogP contribution in [0.5, 0.6) is 5.75 Å². The summed E-state index contributed by atoms with van der Waals surface area (Å²) in [6.45, 7) is -0.0112. The van der Waals surface area contributed by atoms with Crippen molar-refractivity contribution in [1.82, 2.24) is 0 Å². The zero-order valence-electron chi connectivity index (χ0n) is 17.1. The van der Waals surface area contributed by atoms with E-state index in [4.69, 9.17) is 26.4 Å². The first-order chi connectivity index (χ1) is 15.5. The Kier molecular flexibility index (Phi) is 6.23. The lowest BCUT2D eigenvalue weighted by atomic mass is 10.1. The number of nitrogen functional groups attached to an aromatic ring is 2. The Labute approximate surface area is 189 Å². The standard InChI is InChI=1S/C24H22N4O3S/c25-17-9-4-5-10-18(17)28-24(29)30-14-20(15-7-2-1-3-8-15)31-19-11-6-12-21-16(19)13-22(32-21)23(26)27/h1-13,20H,14,25H2,(H3,26,27)(H,28,29). The van der Waals surface area contributed by atoms with E-state index in [9.17, 15) is 4.79 Å². The summed E-state index contributed by atoms with van der Waals surface area (Å²) < 4.78 is 12.7. The van der Waals surface area contributed by atoms with Crippen LogP contribution >= 0.6 is 11.3 Å². The third kappa shape index (κ3) is 4.81. The molecule has 6 N–H and O–H groups in total. The first kappa shape index (κ1) is 21.2. The molecule has 0 saturated heterocycles. The number of amides is 1. The van der Waals surface area contributed by atoms with Crippen molar-refractivity contribution in [3.8, 4) is 5.75 Å². The minimum Gasteiger partial charge on any atom is -0.481 e. The number of anilines is 2. The highest BCUT2D eigenvalue weighted by atomic mass is 32.1. The molecule has 7 nitrogen and oxygen atoms in total. The van der Waals surface area contributed by atoms with Crippen molar-refractivity contribution in [2.45, 2.75) is 6.10 Å². The second-order valence-electron chi connectivity index (χ2n) is 7.02. The van der Waals surface area contributed by atoms with Crippen LogP contribution in [0.4, 0.5) is 16.2 Å². The largest absolute Gasteiger partial charge is 0.481 e. The minimum absolute atomic E-state index is 0.0111. The Morgan fingerprint density at radius 2 is 1.78 bits per heavy atom. The molecule has 1 atom stereocenters. The van der Waals surface area contributed by atoms with Crippen molar-refractivity contribution in [1.29, 1.82) is 5.41 Å². The fourth-order valence-electron chi connectivity index (χ4n) is 3.20. The molecule has 0 radical (unpaired) electrons. The van der Waals surface area contributed by atoms with Gasteiger partial charge in [0.2, 0.25) is 0 Å². The fraction of sp³-hybridized carbons (Fsp3) is 0.0833. The SMILES string of the molecule is N=C(N)c1cc2c(OC(COC(=O)Nc3ccccc3N)c3ccccc3)cccc2s1. The summed E-state index contributed by atoms with van der Waals surface area (Å²) >= 11 is 1.43. The topological polar surface area (TPSA) is 123 Å². The first-order valence-electron chi connectivity index (χ1n) is 9.88. The third-order valence-corrected chi connectivity index (χ3v) is 5.92. The predicted octanol–water partition coefficient (Wildman–Crippen LogP) is 5.14. The second-order valence-corrected chi connectivity index (χ2v) is 8.10. The summed E-state index contributed by atoms with van der Waals surface area (Å²) in [7, 11) is 0. The van der Waals surface area contributed by atoms with Gasteiger partial charge in [0, 0.05) is 10.1 Å². The molecule has 8 heteroatoms. The fourth-order valence-corrected chi connectivity index (χ4v) is 4.14. The van der Waals surface area contributed by atoms with Crippen LogP contribution in [0, 0.1) is 5.41 Å². The molecule has 0 fully saturated rings. The predicted molar refractivity (Wildman–Crippen MR) is 128 cm³/mol. The number of benzene rings is 3. The number of hydrogen-bond donors (Lipinski definition) is 4. The van der Waals surface area contributed by atoms with Crippen molar-refractivity contribution in [3.63, 3.8) is 0 Å². The van der Waals surface area contributed by atoms with Gasteiger partial charge in [0.15, 0.2) is 6.10 Å². The van der Waals surface area contributed by atoms with E-state index in [-0.39, 0.29) is 12.4 Å². The normalized spacial score (nSPS) is 11.6. The van der Waals surface area contributed by atoms with Crippen LogP contribution in [0.1, 0.15) is 16.5 Å². The van der Waals surface area contributed by atoms with Crippen LogP contribution in [-0.2, 0) is 4.74 Å².